The molecule has 5 nitrogen and oxygen atoms in total. The number of nitrogens with zero attached hydrogens (tertiary/aromatic N) is 1. The molecular weight excluding hydrogens is 383 g/mol. The minimum absolute atomic E-state index is 0.161. The predicted molar refractivity (Wildman–Crippen MR) is 113 cm³/mol. The molecule has 4 rings (SSSR count). The lowest BCUT2D eigenvalue weighted by Crippen LogP contribution is -2.30. The second-order valence-electron chi connectivity index (χ2n) is 7.38. The van der Waals surface area contributed by atoms with Gasteiger partial charge in [-0.3, -0.25) is 4.79 Å². The molecule has 6 heteroatoms. The van der Waals surface area contributed by atoms with E-state index in [1.54, 1.807) is 24.3 Å². The van der Waals surface area contributed by atoms with Crippen LogP contribution in [0.3, 0.4) is 0 Å². The number of carboxylic acid groups (broad SMARTS) is 1. The minimum atomic E-state index is -1.02. The van der Waals surface area contributed by atoms with Gasteiger partial charge < -0.3 is 15.3 Å². The normalized spacial score (nSPS) is 18.2. The van der Waals surface area contributed by atoms with Crippen molar-refractivity contribution in [3.8, 4) is 11.1 Å². The van der Waals surface area contributed by atoms with Crippen molar-refractivity contribution in [1.29, 1.82) is 0 Å². The first-order chi connectivity index (χ1) is 14.5. The molecule has 0 aliphatic carbocycles. The SMILES string of the molecule is O=C(Nc1ccc(-c2ccc(F)cc2)cc1)[C@@H]1CN(C(=O)O)C[C@H]1c1ccccc1. The molecule has 2 atom stereocenters. The average Bonchev–Trinajstić information content (AvgIpc) is 3.22. The van der Waals surface area contributed by atoms with Gasteiger partial charge in [0.25, 0.3) is 0 Å². The maximum atomic E-state index is 13.1. The largest absolute Gasteiger partial charge is 0.465 e. The monoisotopic (exact) mass is 404 g/mol. The number of benzene rings is 3. The highest BCUT2D eigenvalue weighted by atomic mass is 19.1. The molecule has 0 radical (unpaired) electrons. The van der Waals surface area contributed by atoms with Gasteiger partial charge in [-0.15, -0.1) is 0 Å². The van der Waals surface area contributed by atoms with Crippen LogP contribution in [0.25, 0.3) is 11.1 Å². The first kappa shape index (κ1) is 19.6. The number of carbonyl (C=O) groups excluding carboxylic acids is 1. The molecule has 2 amide bonds. The molecule has 1 aliphatic heterocycles. The van der Waals surface area contributed by atoms with Crippen LogP contribution in [-0.2, 0) is 4.79 Å². The summed E-state index contributed by atoms with van der Waals surface area (Å²) in [5, 5.41) is 12.3. The van der Waals surface area contributed by atoms with Crippen molar-refractivity contribution in [1.82, 2.24) is 4.90 Å². The van der Waals surface area contributed by atoms with Crippen LogP contribution < -0.4 is 5.32 Å². The topological polar surface area (TPSA) is 69.6 Å². The van der Waals surface area contributed by atoms with E-state index in [1.807, 2.05) is 42.5 Å². The van der Waals surface area contributed by atoms with E-state index in [-0.39, 0.29) is 24.2 Å². The number of carbonyl (C=O) groups is 2. The molecule has 3 aromatic carbocycles. The maximum absolute atomic E-state index is 13.1. The summed E-state index contributed by atoms with van der Waals surface area (Å²) in [7, 11) is 0. The zero-order valence-electron chi connectivity index (χ0n) is 16.2. The van der Waals surface area contributed by atoms with Gasteiger partial charge in [0.2, 0.25) is 5.91 Å². The van der Waals surface area contributed by atoms with Gasteiger partial charge in [-0.25, -0.2) is 9.18 Å². The zero-order valence-corrected chi connectivity index (χ0v) is 16.2. The Morgan fingerprint density at radius 2 is 1.47 bits per heavy atom. The van der Waals surface area contributed by atoms with Gasteiger partial charge >= 0.3 is 6.09 Å². The van der Waals surface area contributed by atoms with Gasteiger partial charge in [0.1, 0.15) is 5.82 Å². The van der Waals surface area contributed by atoms with Crippen LogP contribution >= 0.6 is 0 Å². The molecule has 3 aromatic rings. The number of halogens is 1. The highest BCUT2D eigenvalue weighted by Gasteiger charge is 2.40. The number of nitrogens with one attached hydrogen (secondary N) is 1. The van der Waals surface area contributed by atoms with Crippen LogP contribution in [0.4, 0.5) is 14.9 Å². The van der Waals surface area contributed by atoms with Gasteiger partial charge in [-0.05, 0) is 41.0 Å². The van der Waals surface area contributed by atoms with Crippen LogP contribution in [0.15, 0.2) is 78.9 Å². The molecule has 0 spiro atoms. The molecule has 0 aromatic heterocycles. The van der Waals surface area contributed by atoms with Crippen molar-refractivity contribution < 1.29 is 19.1 Å². The van der Waals surface area contributed by atoms with Crippen molar-refractivity contribution >= 4 is 17.7 Å². The van der Waals surface area contributed by atoms with E-state index < -0.39 is 12.0 Å². The Balaban J connectivity index is 1.50. The van der Waals surface area contributed by atoms with Crippen LogP contribution in [0, 0.1) is 11.7 Å². The third kappa shape index (κ3) is 4.17. The fourth-order valence-corrected chi connectivity index (χ4v) is 3.89. The lowest BCUT2D eigenvalue weighted by molar-refractivity contribution is -0.119. The summed E-state index contributed by atoms with van der Waals surface area (Å²) in [4.78, 5) is 25.7. The summed E-state index contributed by atoms with van der Waals surface area (Å²) in [6.45, 7) is 0.454. The van der Waals surface area contributed by atoms with Crippen LogP contribution in [-0.4, -0.2) is 35.1 Å². The van der Waals surface area contributed by atoms with Crippen molar-refractivity contribution in [2.75, 3.05) is 18.4 Å². The molecule has 2 N–H and O–H groups in total. The fourth-order valence-electron chi connectivity index (χ4n) is 3.89. The molecular formula is C24H21FN2O3. The van der Waals surface area contributed by atoms with Crippen LogP contribution in [0.1, 0.15) is 11.5 Å². The summed E-state index contributed by atoms with van der Waals surface area (Å²) in [5.41, 5.74) is 3.37. The number of likely N-dealkylation sites (tertiary alicyclic amines) is 1. The predicted octanol–water partition coefficient (Wildman–Crippen LogP) is 4.82. The van der Waals surface area contributed by atoms with Gasteiger partial charge in [-0.2, -0.15) is 0 Å². The molecule has 1 fully saturated rings. The Morgan fingerprint density at radius 1 is 0.867 bits per heavy atom. The second kappa shape index (κ2) is 8.37. The average molecular weight is 404 g/mol. The van der Waals surface area contributed by atoms with Gasteiger partial charge in [-0.1, -0.05) is 54.6 Å². The highest BCUT2D eigenvalue weighted by molar-refractivity contribution is 5.94. The molecule has 1 aliphatic rings. The van der Waals surface area contributed by atoms with Crippen molar-refractivity contribution in [3.05, 3.63) is 90.2 Å². The summed E-state index contributed by atoms with van der Waals surface area (Å²) >= 11 is 0. The number of hydrogen-bond donors (Lipinski definition) is 2. The van der Waals surface area contributed by atoms with Gasteiger partial charge in [0.15, 0.2) is 0 Å². The number of anilines is 1. The number of hydrogen-bond acceptors (Lipinski definition) is 2. The number of amides is 2. The standard InChI is InChI=1S/C24H21FN2O3/c25-19-10-6-16(7-11-19)17-8-12-20(13-9-17)26-23(28)22-15-27(24(29)30)14-21(22)18-4-2-1-3-5-18/h1-13,21-22H,14-15H2,(H,26,28)(H,29,30)/t21-,22+/m0/s1. The van der Waals surface area contributed by atoms with E-state index in [2.05, 4.69) is 5.32 Å². The van der Waals surface area contributed by atoms with Crippen molar-refractivity contribution in [3.63, 3.8) is 0 Å². The van der Waals surface area contributed by atoms with E-state index in [1.165, 1.54) is 17.0 Å². The second-order valence-corrected chi connectivity index (χ2v) is 7.38. The third-order valence-corrected chi connectivity index (χ3v) is 5.48. The highest BCUT2D eigenvalue weighted by Crippen LogP contribution is 2.33. The van der Waals surface area contributed by atoms with E-state index in [0.717, 1.165) is 16.7 Å². The van der Waals surface area contributed by atoms with E-state index in [0.29, 0.717) is 12.2 Å². The Hall–Kier alpha value is -3.67. The third-order valence-electron chi connectivity index (χ3n) is 5.48. The summed E-state index contributed by atoms with van der Waals surface area (Å²) in [6.07, 6.45) is -1.02. The molecule has 0 saturated carbocycles. The van der Waals surface area contributed by atoms with E-state index >= 15 is 0 Å². The zero-order chi connectivity index (χ0) is 21.1. The first-order valence-corrected chi connectivity index (χ1v) is 9.71. The Labute approximate surface area is 173 Å². The Bertz CT molecular complexity index is 1040. The first-order valence-electron chi connectivity index (χ1n) is 9.71. The summed E-state index contributed by atoms with van der Waals surface area (Å²) in [6, 6.07) is 23.0. The maximum Gasteiger partial charge on any atom is 0.407 e. The van der Waals surface area contributed by atoms with Crippen LogP contribution in [0.5, 0.6) is 0 Å². The van der Waals surface area contributed by atoms with Gasteiger partial charge in [0.05, 0.1) is 5.92 Å². The summed E-state index contributed by atoms with van der Waals surface area (Å²) < 4.78 is 13.1. The summed E-state index contributed by atoms with van der Waals surface area (Å²) in [5.74, 6) is -1.16. The quantitative estimate of drug-likeness (QED) is 0.655. The molecule has 1 heterocycles. The fraction of sp³-hybridized carbons (Fsp3) is 0.167. The Kier molecular flexibility index (Phi) is 5.48. The lowest BCUT2D eigenvalue weighted by Gasteiger charge is -2.18. The molecule has 0 bridgehead atoms. The molecule has 152 valence electrons. The lowest BCUT2D eigenvalue weighted by atomic mass is 9.88. The number of rotatable bonds is 4. The molecule has 1 saturated heterocycles. The minimum Gasteiger partial charge on any atom is -0.465 e. The van der Waals surface area contributed by atoms with Crippen molar-refractivity contribution in [2.45, 2.75) is 5.92 Å². The molecule has 30 heavy (non-hydrogen) atoms. The molecule has 0 unspecified atom stereocenters. The van der Waals surface area contributed by atoms with Crippen molar-refractivity contribution in [2.24, 2.45) is 5.92 Å². The smallest absolute Gasteiger partial charge is 0.407 e. The Morgan fingerprint density at radius 3 is 2.07 bits per heavy atom. The van der Waals surface area contributed by atoms with Gasteiger partial charge in [0, 0.05) is 24.7 Å². The van der Waals surface area contributed by atoms with Crippen LogP contribution in [0.2, 0.25) is 0 Å². The van der Waals surface area contributed by atoms with E-state index in [4.69, 9.17) is 0 Å². The van der Waals surface area contributed by atoms with E-state index in [9.17, 15) is 19.1 Å².